The van der Waals surface area contributed by atoms with E-state index in [0.717, 1.165) is 5.56 Å². The van der Waals surface area contributed by atoms with Crippen LogP contribution in [0.1, 0.15) is 24.4 Å². The summed E-state index contributed by atoms with van der Waals surface area (Å²) in [5.74, 6) is -0.300. The van der Waals surface area contributed by atoms with Gasteiger partial charge in [-0.1, -0.05) is 12.1 Å². The molecule has 1 atom stereocenters. The fourth-order valence-corrected chi connectivity index (χ4v) is 1.95. The maximum absolute atomic E-state index is 12.8. The van der Waals surface area contributed by atoms with Crippen molar-refractivity contribution in [3.05, 3.63) is 35.6 Å². The number of rotatable bonds is 7. The van der Waals surface area contributed by atoms with Gasteiger partial charge in [0, 0.05) is 12.6 Å². The summed E-state index contributed by atoms with van der Waals surface area (Å²) in [5, 5.41) is 3.09. The molecular weight excluding hydrogens is 272 g/mol. The van der Waals surface area contributed by atoms with Crippen molar-refractivity contribution in [3.63, 3.8) is 0 Å². The number of alkyl halides is 3. The molecule has 1 rings (SSSR count). The van der Waals surface area contributed by atoms with Crippen molar-refractivity contribution in [2.45, 2.75) is 25.1 Å². The molecule has 0 fully saturated rings. The molecule has 2 nitrogen and oxygen atoms in total. The molecule has 0 radical (unpaired) electrons. The quantitative estimate of drug-likeness (QED) is 0.775. The van der Waals surface area contributed by atoms with Gasteiger partial charge in [-0.05, 0) is 44.8 Å². The van der Waals surface area contributed by atoms with Crippen molar-refractivity contribution < 1.29 is 17.6 Å². The van der Waals surface area contributed by atoms with Crippen LogP contribution in [0.5, 0.6) is 0 Å². The molecule has 0 spiro atoms. The third-order valence-corrected chi connectivity index (χ3v) is 3.20. The highest BCUT2D eigenvalue weighted by Crippen LogP contribution is 2.20. The zero-order valence-electron chi connectivity index (χ0n) is 11.7. The lowest BCUT2D eigenvalue weighted by atomic mass is 10.0. The number of halogens is 4. The molecule has 114 valence electrons. The minimum atomic E-state index is -4.12. The normalized spacial score (nSPS) is 13.8. The highest BCUT2D eigenvalue weighted by molar-refractivity contribution is 5.19. The van der Waals surface area contributed by atoms with Gasteiger partial charge in [0.05, 0.1) is 6.42 Å². The minimum Gasteiger partial charge on any atom is -0.313 e. The first kappa shape index (κ1) is 16.9. The first-order valence-corrected chi connectivity index (χ1v) is 6.50. The SMILES string of the molecule is CNC(CCN(C)CCC(F)(F)F)c1ccc(F)cc1. The van der Waals surface area contributed by atoms with E-state index in [4.69, 9.17) is 0 Å². The van der Waals surface area contributed by atoms with E-state index >= 15 is 0 Å². The second-order valence-corrected chi connectivity index (χ2v) is 4.85. The average molecular weight is 292 g/mol. The monoisotopic (exact) mass is 292 g/mol. The van der Waals surface area contributed by atoms with Crippen LogP contribution >= 0.6 is 0 Å². The van der Waals surface area contributed by atoms with Gasteiger partial charge < -0.3 is 10.2 Å². The van der Waals surface area contributed by atoms with E-state index in [1.807, 2.05) is 0 Å². The van der Waals surface area contributed by atoms with E-state index < -0.39 is 12.6 Å². The molecule has 1 aromatic rings. The Morgan fingerprint density at radius 1 is 1.15 bits per heavy atom. The molecule has 1 N–H and O–H groups in total. The molecular formula is C14H20F4N2. The third-order valence-electron chi connectivity index (χ3n) is 3.20. The fraction of sp³-hybridized carbons (Fsp3) is 0.571. The van der Waals surface area contributed by atoms with Gasteiger partial charge in [-0.25, -0.2) is 4.39 Å². The Balaban J connectivity index is 2.43. The Labute approximate surface area is 116 Å². The summed E-state index contributed by atoms with van der Waals surface area (Å²) >= 11 is 0. The molecule has 0 bridgehead atoms. The number of benzene rings is 1. The summed E-state index contributed by atoms with van der Waals surface area (Å²) < 4.78 is 49.2. The number of hydrogen-bond donors (Lipinski definition) is 1. The van der Waals surface area contributed by atoms with E-state index in [2.05, 4.69) is 5.32 Å². The van der Waals surface area contributed by atoms with Gasteiger partial charge in [0.1, 0.15) is 5.82 Å². The molecule has 6 heteroatoms. The van der Waals surface area contributed by atoms with E-state index in [9.17, 15) is 17.6 Å². The van der Waals surface area contributed by atoms with Gasteiger partial charge in [-0.2, -0.15) is 13.2 Å². The number of nitrogens with one attached hydrogen (secondary N) is 1. The fourth-order valence-electron chi connectivity index (χ4n) is 1.95. The van der Waals surface area contributed by atoms with Crippen molar-refractivity contribution in [2.75, 3.05) is 27.2 Å². The predicted molar refractivity (Wildman–Crippen MR) is 71.0 cm³/mol. The average Bonchev–Trinajstić information content (AvgIpc) is 2.38. The van der Waals surface area contributed by atoms with Crippen LogP contribution in [0.4, 0.5) is 17.6 Å². The largest absolute Gasteiger partial charge is 0.390 e. The van der Waals surface area contributed by atoms with Crippen LogP contribution in [0.3, 0.4) is 0 Å². The van der Waals surface area contributed by atoms with Crippen LogP contribution in [0.25, 0.3) is 0 Å². The molecule has 20 heavy (non-hydrogen) atoms. The predicted octanol–water partition coefficient (Wildman–Crippen LogP) is 3.36. The van der Waals surface area contributed by atoms with Crippen LogP contribution in [-0.4, -0.2) is 38.3 Å². The first-order chi connectivity index (χ1) is 9.31. The van der Waals surface area contributed by atoms with E-state index in [0.29, 0.717) is 13.0 Å². The van der Waals surface area contributed by atoms with Crippen molar-refractivity contribution in [2.24, 2.45) is 0 Å². The lowest BCUT2D eigenvalue weighted by Gasteiger charge is -2.22. The molecule has 0 heterocycles. The van der Waals surface area contributed by atoms with Gasteiger partial charge in [-0.3, -0.25) is 0 Å². The maximum atomic E-state index is 12.8. The Morgan fingerprint density at radius 2 is 1.75 bits per heavy atom. The molecule has 1 aromatic carbocycles. The number of hydrogen-bond acceptors (Lipinski definition) is 2. The molecule has 0 aliphatic heterocycles. The van der Waals surface area contributed by atoms with Crippen LogP contribution < -0.4 is 5.32 Å². The molecule has 0 amide bonds. The Bertz CT molecular complexity index is 389. The lowest BCUT2D eigenvalue weighted by molar-refractivity contribution is -0.137. The summed E-state index contributed by atoms with van der Waals surface area (Å²) in [4.78, 5) is 1.65. The third kappa shape index (κ3) is 6.34. The van der Waals surface area contributed by atoms with Gasteiger partial charge in [0.15, 0.2) is 0 Å². The highest BCUT2D eigenvalue weighted by atomic mass is 19.4. The molecule has 0 aliphatic rings. The summed E-state index contributed by atoms with van der Waals surface area (Å²) in [6, 6.07) is 6.14. The summed E-state index contributed by atoms with van der Waals surface area (Å²) in [7, 11) is 3.45. The summed E-state index contributed by atoms with van der Waals surface area (Å²) in [5.41, 5.74) is 0.929. The van der Waals surface area contributed by atoms with Crippen LogP contribution in [0.15, 0.2) is 24.3 Å². The minimum absolute atomic E-state index is 0.00365. The molecule has 0 saturated heterocycles. The van der Waals surface area contributed by atoms with Gasteiger partial charge in [0.25, 0.3) is 0 Å². The Kier molecular flexibility index (Phi) is 6.42. The highest BCUT2D eigenvalue weighted by Gasteiger charge is 2.27. The summed E-state index contributed by atoms with van der Waals surface area (Å²) in [6.07, 6.45) is -4.26. The Morgan fingerprint density at radius 3 is 2.25 bits per heavy atom. The van der Waals surface area contributed by atoms with E-state index in [-0.39, 0.29) is 18.4 Å². The van der Waals surface area contributed by atoms with Crippen LogP contribution in [0, 0.1) is 5.82 Å². The molecule has 0 aromatic heterocycles. The van der Waals surface area contributed by atoms with Gasteiger partial charge >= 0.3 is 6.18 Å². The van der Waals surface area contributed by atoms with Crippen molar-refractivity contribution in [3.8, 4) is 0 Å². The van der Waals surface area contributed by atoms with Crippen molar-refractivity contribution in [1.29, 1.82) is 0 Å². The smallest absolute Gasteiger partial charge is 0.313 e. The van der Waals surface area contributed by atoms with Crippen LogP contribution in [-0.2, 0) is 0 Å². The second-order valence-electron chi connectivity index (χ2n) is 4.85. The van der Waals surface area contributed by atoms with Gasteiger partial charge in [0.2, 0.25) is 0 Å². The maximum Gasteiger partial charge on any atom is 0.390 e. The zero-order valence-corrected chi connectivity index (χ0v) is 11.7. The van der Waals surface area contributed by atoms with Gasteiger partial charge in [-0.15, -0.1) is 0 Å². The molecule has 0 saturated carbocycles. The Hall–Kier alpha value is -1.14. The topological polar surface area (TPSA) is 15.3 Å². The number of nitrogens with zero attached hydrogens (tertiary/aromatic N) is 1. The van der Waals surface area contributed by atoms with Crippen LogP contribution in [0.2, 0.25) is 0 Å². The standard InChI is InChI=1S/C14H20F4N2/c1-19-13(11-3-5-12(15)6-4-11)7-9-20(2)10-8-14(16,17)18/h3-6,13,19H,7-10H2,1-2H3. The summed E-state index contributed by atoms with van der Waals surface area (Å²) in [6.45, 7) is 0.530. The zero-order chi connectivity index (χ0) is 15.2. The van der Waals surface area contributed by atoms with Crippen molar-refractivity contribution in [1.82, 2.24) is 10.2 Å². The molecule has 1 unspecified atom stereocenters. The molecule has 0 aliphatic carbocycles. The van der Waals surface area contributed by atoms with E-state index in [1.165, 1.54) is 12.1 Å². The first-order valence-electron chi connectivity index (χ1n) is 6.50. The van der Waals surface area contributed by atoms with Crippen molar-refractivity contribution >= 4 is 0 Å². The van der Waals surface area contributed by atoms with E-state index in [1.54, 1.807) is 31.1 Å². The second kappa shape index (κ2) is 7.59. The lowest BCUT2D eigenvalue weighted by Crippen LogP contribution is -2.28.